The first kappa shape index (κ1) is 18.0. The van der Waals surface area contributed by atoms with Crippen LogP contribution in [-0.2, 0) is 25.7 Å². The third-order valence-corrected chi connectivity index (χ3v) is 4.23. The van der Waals surface area contributed by atoms with E-state index < -0.39 is 0 Å². The van der Waals surface area contributed by atoms with E-state index >= 15 is 0 Å². The van der Waals surface area contributed by atoms with Crippen molar-refractivity contribution in [2.24, 2.45) is 0 Å². The van der Waals surface area contributed by atoms with Crippen LogP contribution in [-0.4, -0.2) is 35.3 Å². The van der Waals surface area contributed by atoms with Crippen LogP contribution in [0.4, 0.5) is 0 Å². The monoisotopic (exact) mass is 349 g/mol. The van der Waals surface area contributed by atoms with Crippen LogP contribution in [0.3, 0.4) is 0 Å². The highest BCUT2D eigenvalue weighted by molar-refractivity contribution is 5.57. The van der Waals surface area contributed by atoms with Gasteiger partial charge in [-0.1, -0.05) is 33.8 Å². The summed E-state index contributed by atoms with van der Waals surface area (Å²) in [7, 11) is 0. The fourth-order valence-corrected chi connectivity index (χ4v) is 2.78. The minimum absolute atomic E-state index is 0.523. The van der Waals surface area contributed by atoms with Crippen molar-refractivity contribution in [1.82, 2.24) is 35.3 Å². The zero-order valence-corrected chi connectivity index (χ0v) is 15.7. The van der Waals surface area contributed by atoms with Gasteiger partial charge in [-0.15, -0.1) is 10.2 Å². The molecule has 0 aromatic carbocycles. The van der Waals surface area contributed by atoms with Crippen molar-refractivity contribution in [2.45, 2.75) is 53.4 Å². The molecule has 3 aromatic heterocycles. The predicted molar refractivity (Wildman–Crippen MR) is 99.4 cm³/mol. The van der Waals surface area contributed by atoms with Crippen LogP contribution in [0.25, 0.3) is 23.0 Å². The number of pyridine rings is 1. The van der Waals surface area contributed by atoms with Crippen molar-refractivity contribution >= 4 is 0 Å². The molecule has 3 heterocycles. The Labute approximate surface area is 153 Å². The van der Waals surface area contributed by atoms with E-state index in [0.29, 0.717) is 23.0 Å². The van der Waals surface area contributed by atoms with Gasteiger partial charge in [0.2, 0.25) is 11.6 Å². The van der Waals surface area contributed by atoms with Crippen molar-refractivity contribution in [3.63, 3.8) is 0 Å². The molecule has 0 unspecified atom stereocenters. The van der Waals surface area contributed by atoms with Gasteiger partial charge in [0.15, 0.2) is 0 Å². The number of hydrogen-bond acceptors (Lipinski definition) is 7. The van der Waals surface area contributed by atoms with E-state index in [1.54, 1.807) is 0 Å². The smallest absolute Gasteiger partial charge is 0.200 e. The zero-order valence-electron chi connectivity index (χ0n) is 15.7. The molecule has 7 nitrogen and oxygen atoms in total. The van der Waals surface area contributed by atoms with Gasteiger partial charge in [0.1, 0.15) is 11.4 Å². The van der Waals surface area contributed by atoms with Gasteiger partial charge in [0.25, 0.3) is 0 Å². The summed E-state index contributed by atoms with van der Waals surface area (Å²) in [6.45, 7) is 8.24. The van der Waals surface area contributed by atoms with Gasteiger partial charge in [-0.25, -0.2) is 15.0 Å². The second-order valence-electron chi connectivity index (χ2n) is 5.88. The molecule has 3 rings (SSSR count). The van der Waals surface area contributed by atoms with E-state index in [-0.39, 0.29) is 0 Å². The van der Waals surface area contributed by atoms with E-state index in [2.05, 4.69) is 63.0 Å². The number of aryl methyl sites for hydroxylation is 4. The van der Waals surface area contributed by atoms with Gasteiger partial charge in [0, 0.05) is 0 Å². The fraction of sp³-hybridized carbons (Fsp3) is 0.421. The van der Waals surface area contributed by atoms with Crippen molar-refractivity contribution in [3.8, 4) is 23.0 Å². The molecule has 7 heteroatoms. The lowest BCUT2D eigenvalue weighted by Gasteiger charge is -2.07. The second kappa shape index (κ2) is 8.03. The normalized spacial score (nSPS) is 10.9. The molecule has 0 N–H and O–H groups in total. The molecule has 26 heavy (non-hydrogen) atoms. The fourth-order valence-electron chi connectivity index (χ4n) is 2.78. The molecule has 0 radical (unpaired) electrons. The molecule has 0 atom stereocenters. The van der Waals surface area contributed by atoms with Gasteiger partial charge in [-0.2, -0.15) is 10.2 Å². The van der Waals surface area contributed by atoms with Crippen LogP contribution in [0.5, 0.6) is 0 Å². The minimum atomic E-state index is 0.523. The highest BCUT2D eigenvalue weighted by Crippen LogP contribution is 2.19. The Morgan fingerprint density at radius 3 is 1.35 bits per heavy atom. The highest BCUT2D eigenvalue weighted by atomic mass is 15.2. The Morgan fingerprint density at radius 1 is 0.538 bits per heavy atom. The van der Waals surface area contributed by atoms with E-state index in [4.69, 9.17) is 0 Å². The first-order valence-corrected chi connectivity index (χ1v) is 9.12. The van der Waals surface area contributed by atoms with E-state index in [9.17, 15) is 0 Å². The Balaban J connectivity index is 2.01. The molecule has 0 saturated heterocycles. The average Bonchev–Trinajstić information content (AvgIpc) is 2.72. The number of rotatable bonds is 6. The number of nitrogens with zero attached hydrogens (tertiary/aromatic N) is 7. The van der Waals surface area contributed by atoms with Crippen molar-refractivity contribution in [1.29, 1.82) is 0 Å². The van der Waals surface area contributed by atoms with E-state index in [0.717, 1.165) is 48.5 Å². The summed E-state index contributed by atoms with van der Waals surface area (Å²) in [5.74, 6) is 1.05. The summed E-state index contributed by atoms with van der Waals surface area (Å²) < 4.78 is 0. The number of hydrogen-bond donors (Lipinski definition) is 0. The lowest BCUT2D eigenvalue weighted by Crippen LogP contribution is -2.07. The van der Waals surface area contributed by atoms with Crippen LogP contribution >= 0.6 is 0 Å². The van der Waals surface area contributed by atoms with Crippen LogP contribution in [0.1, 0.15) is 50.5 Å². The molecule has 0 spiro atoms. The third-order valence-electron chi connectivity index (χ3n) is 4.23. The average molecular weight is 349 g/mol. The summed E-state index contributed by atoms with van der Waals surface area (Å²) in [4.78, 5) is 13.9. The molecular weight excluding hydrogens is 326 g/mol. The van der Waals surface area contributed by atoms with Crippen molar-refractivity contribution in [3.05, 3.63) is 41.0 Å². The molecule has 0 amide bonds. The van der Waals surface area contributed by atoms with Gasteiger partial charge in [0.05, 0.1) is 22.8 Å². The molecule has 0 fully saturated rings. The molecule has 0 aliphatic rings. The summed E-state index contributed by atoms with van der Waals surface area (Å²) in [5.41, 5.74) is 5.11. The maximum Gasteiger partial charge on any atom is 0.200 e. The predicted octanol–water partition coefficient (Wildman–Crippen LogP) is 3.04. The molecule has 0 aliphatic heterocycles. The quantitative estimate of drug-likeness (QED) is 0.675. The van der Waals surface area contributed by atoms with E-state index in [1.165, 1.54) is 0 Å². The van der Waals surface area contributed by atoms with Gasteiger partial charge < -0.3 is 0 Å². The van der Waals surface area contributed by atoms with Gasteiger partial charge in [-0.3, -0.25) is 0 Å². The van der Waals surface area contributed by atoms with Crippen LogP contribution in [0.15, 0.2) is 18.2 Å². The molecule has 0 aliphatic carbocycles. The molecule has 0 bridgehead atoms. The van der Waals surface area contributed by atoms with Crippen molar-refractivity contribution < 1.29 is 0 Å². The van der Waals surface area contributed by atoms with Crippen molar-refractivity contribution in [2.75, 3.05) is 0 Å². The van der Waals surface area contributed by atoms with Crippen LogP contribution < -0.4 is 0 Å². The Bertz CT molecular complexity index is 837. The van der Waals surface area contributed by atoms with Gasteiger partial charge >= 0.3 is 0 Å². The standard InChI is InChI=1S/C19H23N7/c1-5-12-14(7-3)23-25-18(21-12)16-10-9-11-17(20-16)19-22-13(6-2)15(8-4)24-26-19/h9-11H,5-8H2,1-4H3. The first-order valence-electron chi connectivity index (χ1n) is 9.12. The lowest BCUT2D eigenvalue weighted by molar-refractivity contribution is 0.821. The summed E-state index contributed by atoms with van der Waals surface area (Å²) in [5, 5.41) is 17.1. The summed E-state index contributed by atoms with van der Waals surface area (Å²) in [6, 6.07) is 5.66. The maximum absolute atomic E-state index is 4.65. The topological polar surface area (TPSA) is 90.2 Å². The van der Waals surface area contributed by atoms with Crippen LogP contribution in [0.2, 0.25) is 0 Å². The molecule has 3 aromatic rings. The summed E-state index contributed by atoms with van der Waals surface area (Å²) >= 11 is 0. The zero-order chi connectivity index (χ0) is 18.5. The minimum Gasteiger partial charge on any atom is -0.241 e. The molecule has 134 valence electrons. The van der Waals surface area contributed by atoms with Crippen LogP contribution in [0, 0.1) is 0 Å². The highest BCUT2D eigenvalue weighted by Gasteiger charge is 2.13. The van der Waals surface area contributed by atoms with Gasteiger partial charge in [-0.05, 0) is 37.8 Å². The Hall–Kier alpha value is -2.83. The first-order chi connectivity index (χ1) is 12.7. The Kier molecular flexibility index (Phi) is 5.55. The second-order valence-corrected chi connectivity index (χ2v) is 5.88. The third kappa shape index (κ3) is 3.56. The lowest BCUT2D eigenvalue weighted by atomic mass is 10.2. The molecular formula is C19H23N7. The van der Waals surface area contributed by atoms with E-state index in [1.807, 2.05) is 18.2 Å². The molecule has 0 saturated carbocycles. The largest absolute Gasteiger partial charge is 0.241 e. The summed E-state index contributed by atoms with van der Waals surface area (Å²) in [6.07, 6.45) is 3.27. The maximum atomic E-state index is 4.65. The SMILES string of the molecule is CCc1nnc(-c2cccc(-c3nnc(CC)c(CC)n3)n2)nc1CC. The Morgan fingerprint density at radius 2 is 0.962 bits per heavy atom. The number of aromatic nitrogens is 7.